The maximum absolute atomic E-state index is 13.6. The van der Waals surface area contributed by atoms with E-state index in [-0.39, 0.29) is 11.8 Å². The van der Waals surface area contributed by atoms with Crippen molar-refractivity contribution in [2.24, 2.45) is 5.92 Å². The maximum atomic E-state index is 13.6. The number of likely N-dealkylation sites (tertiary alicyclic amines) is 1. The van der Waals surface area contributed by atoms with Crippen LogP contribution in [-0.4, -0.2) is 47.7 Å². The minimum atomic E-state index is -0.827. The molecule has 0 bridgehead atoms. The molecule has 154 valence electrons. The summed E-state index contributed by atoms with van der Waals surface area (Å²) in [7, 11) is 0. The fourth-order valence-corrected chi connectivity index (χ4v) is 3.78. The number of para-hydroxylation sites is 1. The Labute approximate surface area is 172 Å². The van der Waals surface area contributed by atoms with Crippen LogP contribution in [0.5, 0.6) is 0 Å². The van der Waals surface area contributed by atoms with E-state index in [2.05, 4.69) is 15.6 Å². The van der Waals surface area contributed by atoms with Gasteiger partial charge in [-0.3, -0.25) is 4.79 Å². The molecule has 3 amide bonds. The summed E-state index contributed by atoms with van der Waals surface area (Å²) in [5.74, 6) is -1.51. The summed E-state index contributed by atoms with van der Waals surface area (Å²) in [6, 6.07) is 6.26. The first kappa shape index (κ1) is 21.0. The van der Waals surface area contributed by atoms with Crippen molar-refractivity contribution in [1.82, 2.24) is 15.2 Å². The molecule has 0 spiro atoms. The van der Waals surface area contributed by atoms with Gasteiger partial charge >= 0.3 is 6.03 Å². The molecule has 9 heteroatoms. The minimum absolute atomic E-state index is 0.0402. The highest BCUT2D eigenvalue weighted by atomic mass is 32.2. The number of piperidine rings is 1. The number of benzene rings is 1. The molecule has 6 nitrogen and oxygen atoms in total. The van der Waals surface area contributed by atoms with E-state index in [0.717, 1.165) is 25.0 Å². The smallest absolute Gasteiger partial charge is 0.319 e. The van der Waals surface area contributed by atoms with Crippen molar-refractivity contribution in [2.75, 3.05) is 31.2 Å². The van der Waals surface area contributed by atoms with Gasteiger partial charge in [-0.2, -0.15) is 0 Å². The van der Waals surface area contributed by atoms with E-state index in [0.29, 0.717) is 30.2 Å². The lowest BCUT2D eigenvalue weighted by molar-refractivity contribution is 0.0686. The first-order chi connectivity index (χ1) is 14.0. The molecule has 0 atom stereocenters. The van der Waals surface area contributed by atoms with Gasteiger partial charge in [0.2, 0.25) is 0 Å². The summed E-state index contributed by atoms with van der Waals surface area (Å²) >= 11 is 1.44. The largest absolute Gasteiger partial charge is 0.339 e. The lowest BCUT2D eigenvalue weighted by atomic mass is 9.96. The van der Waals surface area contributed by atoms with Gasteiger partial charge in [0.15, 0.2) is 0 Å². The fourth-order valence-electron chi connectivity index (χ4n) is 3.24. The van der Waals surface area contributed by atoms with E-state index in [9.17, 15) is 18.4 Å². The summed E-state index contributed by atoms with van der Waals surface area (Å²) in [6.07, 6.45) is 5.01. The summed E-state index contributed by atoms with van der Waals surface area (Å²) < 4.78 is 27.2. The molecule has 2 heterocycles. The Bertz CT molecular complexity index is 868. The van der Waals surface area contributed by atoms with Crippen molar-refractivity contribution >= 4 is 29.4 Å². The quantitative estimate of drug-likeness (QED) is 0.723. The van der Waals surface area contributed by atoms with E-state index in [1.54, 1.807) is 23.2 Å². The molecule has 1 fully saturated rings. The number of pyridine rings is 1. The van der Waals surface area contributed by atoms with Crippen LogP contribution in [0.2, 0.25) is 0 Å². The predicted molar refractivity (Wildman–Crippen MR) is 108 cm³/mol. The highest BCUT2D eigenvalue weighted by molar-refractivity contribution is 7.98. The van der Waals surface area contributed by atoms with Crippen molar-refractivity contribution in [3.8, 4) is 0 Å². The topological polar surface area (TPSA) is 74.3 Å². The van der Waals surface area contributed by atoms with E-state index in [4.69, 9.17) is 0 Å². The van der Waals surface area contributed by atoms with Crippen LogP contribution >= 0.6 is 11.8 Å². The second kappa shape index (κ2) is 9.69. The normalized spacial score (nSPS) is 14.5. The summed E-state index contributed by atoms with van der Waals surface area (Å²) in [4.78, 5) is 30.7. The van der Waals surface area contributed by atoms with E-state index >= 15 is 0 Å². The zero-order valence-corrected chi connectivity index (χ0v) is 16.8. The lowest BCUT2D eigenvalue weighted by Crippen LogP contribution is -2.42. The second-order valence-corrected chi connectivity index (χ2v) is 7.52. The number of thioether (sulfide) groups is 1. The van der Waals surface area contributed by atoms with Gasteiger partial charge < -0.3 is 15.5 Å². The Hall–Kier alpha value is -2.68. The minimum Gasteiger partial charge on any atom is -0.339 e. The molecule has 1 aliphatic heterocycles. The van der Waals surface area contributed by atoms with E-state index < -0.39 is 23.4 Å². The number of hydrogen-bond donors (Lipinski definition) is 2. The van der Waals surface area contributed by atoms with Crippen molar-refractivity contribution < 1.29 is 18.4 Å². The predicted octanol–water partition coefficient (Wildman–Crippen LogP) is 3.76. The number of anilines is 1. The first-order valence-electron chi connectivity index (χ1n) is 9.26. The van der Waals surface area contributed by atoms with Crippen LogP contribution in [0.3, 0.4) is 0 Å². The molecule has 1 aromatic heterocycles. The highest BCUT2D eigenvalue weighted by Crippen LogP contribution is 2.23. The van der Waals surface area contributed by atoms with Crippen LogP contribution in [0, 0.1) is 17.6 Å². The van der Waals surface area contributed by atoms with Gasteiger partial charge in [-0.05, 0) is 49.3 Å². The third-order valence-corrected chi connectivity index (χ3v) is 5.56. The van der Waals surface area contributed by atoms with Crippen LogP contribution in [0.4, 0.5) is 19.3 Å². The molecule has 0 unspecified atom stereocenters. The fraction of sp³-hybridized carbons (Fsp3) is 0.350. The monoisotopic (exact) mass is 420 g/mol. The Balaban J connectivity index is 1.47. The molecule has 2 N–H and O–H groups in total. The average molecular weight is 420 g/mol. The third-order valence-electron chi connectivity index (χ3n) is 4.85. The number of carbonyl (C=O) groups excluding carboxylic acids is 2. The summed E-state index contributed by atoms with van der Waals surface area (Å²) in [5, 5.41) is 5.56. The molecule has 1 saturated heterocycles. The molecule has 1 aromatic carbocycles. The van der Waals surface area contributed by atoms with Crippen LogP contribution < -0.4 is 10.6 Å². The van der Waals surface area contributed by atoms with Gasteiger partial charge in [0, 0.05) is 25.8 Å². The number of amides is 3. The number of halogens is 2. The van der Waals surface area contributed by atoms with E-state index in [1.807, 2.05) is 6.26 Å². The number of hydrogen-bond acceptors (Lipinski definition) is 4. The Morgan fingerprint density at radius 1 is 1.17 bits per heavy atom. The lowest BCUT2D eigenvalue weighted by Gasteiger charge is -2.32. The Kier molecular flexibility index (Phi) is 7.03. The number of nitrogens with one attached hydrogen (secondary N) is 2. The molecule has 0 saturated carbocycles. The number of rotatable bonds is 5. The van der Waals surface area contributed by atoms with Crippen molar-refractivity contribution in [1.29, 1.82) is 0 Å². The molecule has 0 aliphatic carbocycles. The van der Waals surface area contributed by atoms with Gasteiger partial charge in [-0.1, -0.05) is 6.07 Å². The summed E-state index contributed by atoms with van der Waals surface area (Å²) in [6.45, 7) is 1.53. The summed E-state index contributed by atoms with van der Waals surface area (Å²) in [5.41, 5.74) is 0.134. The van der Waals surface area contributed by atoms with Gasteiger partial charge in [0.25, 0.3) is 5.91 Å². The Morgan fingerprint density at radius 3 is 2.52 bits per heavy atom. The molecule has 1 aliphatic rings. The second-order valence-electron chi connectivity index (χ2n) is 6.73. The van der Waals surface area contributed by atoms with Gasteiger partial charge in [-0.15, -0.1) is 11.8 Å². The number of urea groups is 1. The zero-order valence-electron chi connectivity index (χ0n) is 16.0. The van der Waals surface area contributed by atoms with E-state index in [1.165, 1.54) is 17.8 Å². The highest BCUT2D eigenvalue weighted by Gasteiger charge is 2.25. The standard InChI is InChI=1S/C20H22F2N4O2S/c1-29-18-14(4-3-9-23-18)19(27)26-10-7-13(8-11-26)12-24-20(28)25-17-15(21)5-2-6-16(17)22/h2-6,9,13H,7-8,10-12H2,1H3,(H2,24,25,28). The van der Waals surface area contributed by atoms with Crippen LogP contribution in [0.1, 0.15) is 23.2 Å². The molecule has 3 rings (SSSR count). The van der Waals surface area contributed by atoms with Crippen LogP contribution in [0.25, 0.3) is 0 Å². The molecular formula is C20H22F2N4O2S. The maximum Gasteiger partial charge on any atom is 0.319 e. The molecule has 2 aromatic rings. The van der Waals surface area contributed by atoms with Crippen LogP contribution in [0.15, 0.2) is 41.6 Å². The molecule has 29 heavy (non-hydrogen) atoms. The number of aromatic nitrogens is 1. The van der Waals surface area contributed by atoms with Gasteiger partial charge in [-0.25, -0.2) is 18.6 Å². The van der Waals surface area contributed by atoms with Crippen molar-refractivity contribution in [2.45, 2.75) is 17.9 Å². The van der Waals surface area contributed by atoms with Crippen LogP contribution in [-0.2, 0) is 0 Å². The van der Waals surface area contributed by atoms with Gasteiger partial charge in [0.1, 0.15) is 22.3 Å². The van der Waals surface area contributed by atoms with Crippen molar-refractivity contribution in [3.05, 3.63) is 53.7 Å². The Morgan fingerprint density at radius 2 is 1.86 bits per heavy atom. The van der Waals surface area contributed by atoms with Crippen molar-refractivity contribution in [3.63, 3.8) is 0 Å². The van der Waals surface area contributed by atoms with Gasteiger partial charge in [0.05, 0.1) is 5.56 Å². The molecule has 0 radical (unpaired) electrons. The average Bonchev–Trinajstić information content (AvgIpc) is 2.75. The SMILES string of the molecule is CSc1ncccc1C(=O)N1CCC(CNC(=O)Nc2c(F)cccc2F)CC1. The zero-order chi connectivity index (χ0) is 20.8. The molecular weight excluding hydrogens is 398 g/mol. The number of nitrogens with zero attached hydrogens (tertiary/aromatic N) is 2. The third kappa shape index (κ3) is 5.23. The first-order valence-corrected chi connectivity index (χ1v) is 10.5. The number of carbonyl (C=O) groups is 2.